The standard InChI is InChI=1S/C23H20Cl2N4S/c1-15-5-7-16(8-6-15)19-14-30-22-20(19)21(26-23(25)27-22)29-11-9-28(10-12-29)18-4-2-3-17(24)13-18/h2-8,13-14H,9-12H2,1H3. The molecule has 0 radical (unpaired) electrons. The fourth-order valence-corrected chi connectivity index (χ4v) is 5.26. The van der Waals surface area contributed by atoms with E-state index in [2.05, 4.69) is 62.4 Å². The van der Waals surface area contributed by atoms with E-state index in [1.54, 1.807) is 11.3 Å². The average molecular weight is 455 g/mol. The summed E-state index contributed by atoms with van der Waals surface area (Å²) in [5.41, 5.74) is 4.74. The third-order valence-electron chi connectivity index (χ3n) is 5.50. The van der Waals surface area contributed by atoms with E-state index in [9.17, 15) is 0 Å². The quantitative estimate of drug-likeness (QED) is 0.340. The Morgan fingerprint density at radius 1 is 0.900 bits per heavy atom. The average Bonchev–Trinajstić information content (AvgIpc) is 3.17. The van der Waals surface area contributed by atoms with Crippen molar-refractivity contribution in [2.45, 2.75) is 6.92 Å². The molecule has 152 valence electrons. The minimum Gasteiger partial charge on any atom is -0.368 e. The molecule has 0 N–H and O–H groups in total. The molecule has 2 aromatic carbocycles. The predicted molar refractivity (Wildman–Crippen MR) is 128 cm³/mol. The Morgan fingerprint density at radius 3 is 2.37 bits per heavy atom. The second-order valence-electron chi connectivity index (χ2n) is 7.47. The van der Waals surface area contributed by atoms with Gasteiger partial charge < -0.3 is 9.80 Å². The Balaban J connectivity index is 1.48. The third-order valence-corrected chi connectivity index (χ3v) is 6.78. The van der Waals surface area contributed by atoms with Gasteiger partial charge in [-0.05, 0) is 42.3 Å². The second-order valence-corrected chi connectivity index (χ2v) is 9.10. The van der Waals surface area contributed by atoms with Crippen molar-refractivity contribution in [2.75, 3.05) is 36.0 Å². The molecule has 1 fully saturated rings. The number of rotatable bonds is 3. The highest BCUT2D eigenvalue weighted by atomic mass is 35.5. The van der Waals surface area contributed by atoms with Crippen LogP contribution in [0.3, 0.4) is 0 Å². The van der Waals surface area contributed by atoms with Gasteiger partial charge in [-0.15, -0.1) is 11.3 Å². The zero-order valence-electron chi connectivity index (χ0n) is 16.5. The summed E-state index contributed by atoms with van der Waals surface area (Å²) in [6.07, 6.45) is 0. The molecule has 7 heteroatoms. The number of hydrogen-bond donors (Lipinski definition) is 0. The van der Waals surface area contributed by atoms with Crippen LogP contribution in [0.2, 0.25) is 10.3 Å². The third kappa shape index (κ3) is 3.73. The number of anilines is 2. The van der Waals surface area contributed by atoms with Crippen LogP contribution >= 0.6 is 34.5 Å². The van der Waals surface area contributed by atoms with Crippen molar-refractivity contribution in [3.8, 4) is 11.1 Å². The van der Waals surface area contributed by atoms with Crippen LogP contribution in [0.4, 0.5) is 11.5 Å². The molecule has 3 heterocycles. The van der Waals surface area contributed by atoms with Crippen molar-refractivity contribution in [1.82, 2.24) is 9.97 Å². The van der Waals surface area contributed by atoms with Crippen molar-refractivity contribution >= 4 is 56.3 Å². The highest BCUT2D eigenvalue weighted by Crippen LogP contribution is 2.39. The molecule has 0 bridgehead atoms. The summed E-state index contributed by atoms with van der Waals surface area (Å²) in [6, 6.07) is 16.6. The SMILES string of the molecule is Cc1ccc(-c2csc3nc(Cl)nc(N4CCN(c5cccc(Cl)c5)CC4)c23)cc1. The first-order chi connectivity index (χ1) is 14.6. The molecule has 1 aliphatic rings. The molecule has 4 aromatic rings. The van der Waals surface area contributed by atoms with E-state index in [4.69, 9.17) is 23.2 Å². The maximum absolute atomic E-state index is 6.29. The number of aromatic nitrogens is 2. The Bertz CT molecular complexity index is 1200. The van der Waals surface area contributed by atoms with Gasteiger partial charge in [0, 0.05) is 47.8 Å². The number of halogens is 2. The summed E-state index contributed by atoms with van der Waals surface area (Å²) >= 11 is 14.1. The molecule has 0 atom stereocenters. The van der Waals surface area contributed by atoms with Gasteiger partial charge in [0.2, 0.25) is 5.28 Å². The number of hydrogen-bond acceptors (Lipinski definition) is 5. The molecule has 1 saturated heterocycles. The number of fused-ring (bicyclic) bond motifs is 1. The lowest BCUT2D eigenvalue weighted by atomic mass is 10.0. The molecular formula is C23H20Cl2N4S. The summed E-state index contributed by atoms with van der Waals surface area (Å²) in [5, 5.41) is 4.31. The molecule has 2 aromatic heterocycles. The molecule has 0 saturated carbocycles. The van der Waals surface area contributed by atoms with Gasteiger partial charge in [0.05, 0.1) is 5.39 Å². The summed E-state index contributed by atoms with van der Waals surface area (Å²) in [7, 11) is 0. The van der Waals surface area contributed by atoms with Gasteiger partial charge in [0.1, 0.15) is 10.6 Å². The van der Waals surface area contributed by atoms with Crippen LogP contribution in [-0.4, -0.2) is 36.1 Å². The molecule has 1 aliphatic heterocycles. The lowest BCUT2D eigenvalue weighted by Crippen LogP contribution is -2.47. The van der Waals surface area contributed by atoms with Crippen molar-refractivity contribution in [3.63, 3.8) is 0 Å². The Labute approximate surface area is 189 Å². The highest BCUT2D eigenvalue weighted by molar-refractivity contribution is 7.17. The molecule has 0 aliphatic carbocycles. The molecule has 30 heavy (non-hydrogen) atoms. The van der Waals surface area contributed by atoms with Crippen molar-refractivity contribution in [1.29, 1.82) is 0 Å². The fraction of sp³-hybridized carbons (Fsp3) is 0.217. The maximum Gasteiger partial charge on any atom is 0.225 e. The van der Waals surface area contributed by atoms with E-state index in [1.165, 1.54) is 16.7 Å². The van der Waals surface area contributed by atoms with E-state index in [0.29, 0.717) is 5.28 Å². The van der Waals surface area contributed by atoms with Gasteiger partial charge in [-0.2, -0.15) is 4.98 Å². The number of aryl methyl sites for hydroxylation is 1. The summed E-state index contributed by atoms with van der Waals surface area (Å²) in [4.78, 5) is 14.8. The first-order valence-electron chi connectivity index (χ1n) is 9.86. The van der Waals surface area contributed by atoms with E-state index in [1.807, 2.05) is 18.2 Å². The molecule has 0 spiro atoms. The zero-order valence-corrected chi connectivity index (χ0v) is 18.8. The van der Waals surface area contributed by atoms with Crippen LogP contribution in [0.15, 0.2) is 53.9 Å². The molecule has 5 rings (SSSR count). The number of benzene rings is 2. The van der Waals surface area contributed by atoms with Crippen LogP contribution < -0.4 is 9.80 Å². The second kappa shape index (κ2) is 8.06. The molecular weight excluding hydrogens is 435 g/mol. The van der Waals surface area contributed by atoms with Crippen molar-refractivity contribution < 1.29 is 0 Å². The lowest BCUT2D eigenvalue weighted by molar-refractivity contribution is 0.649. The van der Waals surface area contributed by atoms with Crippen molar-refractivity contribution in [3.05, 3.63) is 69.8 Å². The Morgan fingerprint density at radius 2 is 1.63 bits per heavy atom. The predicted octanol–water partition coefficient (Wildman–Crippen LogP) is 6.30. The van der Waals surface area contributed by atoms with Gasteiger partial charge in [-0.1, -0.05) is 47.5 Å². The minimum atomic E-state index is 0.298. The van der Waals surface area contributed by atoms with E-state index in [-0.39, 0.29) is 0 Å². The summed E-state index contributed by atoms with van der Waals surface area (Å²) < 4.78 is 0. The van der Waals surface area contributed by atoms with Crippen LogP contribution in [0.1, 0.15) is 5.56 Å². The zero-order chi connectivity index (χ0) is 20.7. The topological polar surface area (TPSA) is 32.3 Å². The maximum atomic E-state index is 6.29. The van der Waals surface area contributed by atoms with Crippen LogP contribution in [0.5, 0.6) is 0 Å². The Hall–Kier alpha value is -2.34. The number of piperazine rings is 1. The minimum absolute atomic E-state index is 0.298. The molecule has 0 amide bonds. The fourth-order valence-electron chi connectivity index (χ4n) is 3.92. The number of thiophene rings is 1. The summed E-state index contributed by atoms with van der Waals surface area (Å²) in [5.74, 6) is 0.924. The van der Waals surface area contributed by atoms with Crippen LogP contribution in [-0.2, 0) is 0 Å². The van der Waals surface area contributed by atoms with Gasteiger partial charge in [0.15, 0.2) is 0 Å². The smallest absolute Gasteiger partial charge is 0.225 e. The first kappa shape index (κ1) is 19.6. The normalized spacial score (nSPS) is 14.5. The number of nitrogens with zero attached hydrogens (tertiary/aromatic N) is 4. The van der Waals surface area contributed by atoms with Gasteiger partial charge in [-0.25, -0.2) is 4.98 Å². The molecule has 4 nitrogen and oxygen atoms in total. The van der Waals surface area contributed by atoms with Crippen molar-refractivity contribution in [2.24, 2.45) is 0 Å². The highest BCUT2D eigenvalue weighted by Gasteiger charge is 2.23. The van der Waals surface area contributed by atoms with E-state index < -0.39 is 0 Å². The van der Waals surface area contributed by atoms with Crippen LogP contribution in [0.25, 0.3) is 21.3 Å². The monoisotopic (exact) mass is 454 g/mol. The molecule has 0 unspecified atom stereocenters. The first-order valence-corrected chi connectivity index (χ1v) is 11.5. The van der Waals surface area contributed by atoms with E-state index >= 15 is 0 Å². The lowest BCUT2D eigenvalue weighted by Gasteiger charge is -2.37. The van der Waals surface area contributed by atoms with E-state index in [0.717, 1.165) is 52.9 Å². The van der Waals surface area contributed by atoms with Crippen LogP contribution in [0, 0.1) is 6.92 Å². The van der Waals surface area contributed by atoms with Gasteiger partial charge >= 0.3 is 0 Å². The van der Waals surface area contributed by atoms with Gasteiger partial charge in [-0.3, -0.25) is 0 Å². The van der Waals surface area contributed by atoms with Gasteiger partial charge in [0.25, 0.3) is 0 Å². The summed E-state index contributed by atoms with van der Waals surface area (Å²) in [6.45, 7) is 5.61. The Kier molecular flexibility index (Phi) is 5.27. The largest absolute Gasteiger partial charge is 0.368 e.